The molecule has 0 heterocycles. The van der Waals surface area contributed by atoms with Gasteiger partial charge in [-0.2, -0.15) is 0 Å². The lowest BCUT2D eigenvalue weighted by atomic mass is 9.81. The predicted molar refractivity (Wildman–Crippen MR) is 51.0 cm³/mol. The summed E-state index contributed by atoms with van der Waals surface area (Å²) in [4.78, 5) is 11.5. The van der Waals surface area contributed by atoms with Crippen LogP contribution in [0.3, 0.4) is 0 Å². The van der Waals surface area contributed by atoms with E-state index in [1.165, 1.54) is 25.7 Å². The Morgan fingerprint density at radius 1 is 1.33 bits per heavy atom. The molecule has 0 saturated heterocycles. The van der Waals surface area contributed by atoms with Gasteiger partial charge in [0.1, 0.15) is 5.78 Å². The molecule has 0 bridgehead atoms. The molecule has 1 rings (SSSR count). The maximum absolute atomic E-state index is 11.5. The van der Waals surface area contributed by atoms with E-state index in [1.54, 1.807) is 0 Å². The lowest BCUT2D eigenvalue weighted by molar-refractivity contribution is -0.124. The highest BCUT2D eigenvalue weighted by Crippen LogP contribution is 2.41. The van der Waals surface area contributed by atoms with E-state index in [9.17, 15) is 4.79 Å². The van der Waals surface area contributed by atoms with Crippen LogP contribution in [0.4, 0.5) is 0 Å². The fourth-order valence-corrected chi connectivity index (χ4v) is 2.03. The highest BCUT2D eigenvalue weighted by Gasteiger charge is 2.31. The molecule has 1 aliphatic rings. The Hall–Kier alpha value is -0.330. The number of rotatable bonds is 3. The van der Waals surface area contributed by atoms with Crippen LogP contribution in [-0.2, 0) is 4.79 Å². The SMILES string of the molecule is CC(C)C(=O)CC1(C)CCCC1. The largest absolute Gasteiger partial charge is 0.299 e. The van der Waals surface area contributed by atoms with E-state index in [2.05, 4.69) is 6.92 Å². The summed E-state index contributed by atoms with van der Waals surface area (Å²) in [7, 11) is 0. The Morgan fingerprint density at radius 3 is 2.25 bits per heavy atom. The normalized spacial score (nSPS) is 21.7. The average Bonchev–Trinajstić information content (AvgIpc) is 2.35. The van der Waals surface area contributed by atoms with Crippen molar-refractivity contribution in [3.05, 3.63) is 0 Å². The van der Waals surface area contributed by atoms with Crippen molar-refractivity contribution in [1.82, 2.24) is 0 Å². The second-order valence-corrected chi connectivity index (χ2v) is 4.82. The van der Waals surface area contributed by atoms with E-state index in [-0.39, 0.29) is 5.92 Å². The third-order valence-electron chi connectivity index (χ3n) is 3.06. The van der Waals surface area contributed by atoms with Gasteiger partial charge in [-0.3, -0.25) is 4.79 Å². The van der Waals surface area contributed by atoms with Gasteiger partial charge in [-0.15, -0.1) is 0 Å². The van der Waals surface area contributed by atoms with Gasteiger partial charge >= 0.3 is 0 Å². The van der Waals surface area contributed by atoms with Crippen molar-refractivity contribution >= 4 is 5.78 Å². The summed E-state index contributed by atoms with van der Waals surface area (Å²) < 4.78 is 0. The van der Waals surface area contributed by atoms with Crippen LogP contribution in [-0.4, -0.2) is 5.78 Å². The monoisotopic (exact) mass is 168 g/mol. The standard InChI is InChI=1S/C11H20O/c1-9(2)10(12)8-11(3)6-4-5-7-11/h9H,4-8H2,1-3H3. The van der Waals surface area contributed by atoms with Crippen LogP contribution >= 0.6 is 0 Å². The van der Waals surface area contributed by atoms with Crippen LogP contribution in [0.2, 0.25) is 0 Å². The second kappa shape index (κ2) is 3.59. The van der Waals surface area contributed by atoms with Crippen LogP contribution in [0.25, 0.3) is 0 Å². The van der Waals surface area contributed by atoms with Gasteiger partial charge in [-0.1, -0.05) is 33.6 Å². The summed E-state index contributed by atoms with van der Waals surface area (Å²) in [6.45, 7) is 6.27. The van der Waals surface area contributed by atoms with Gasteiger partial charge in [-0.05, 0) is 18.3 Å². The molecule has 0 aromatic rings. The molecule has 1 fully saturated rings. The molecule has 1 nitrogen and oxygen atoms in total. The van der Waals surface area contributed by atoms with E-state index >= 15 is 0 Å². The number of carbonyl (C=O) groups excluding carboxylic acids is 1. The molecule has 1 aliphatic carbocycles. The molecule has 0 aliphatic heterocycles. The predicted octanol–water partition coefficient (Wildman–Crippen LogP) is 3.18. The Balaban J connectivity index is 2.44. The van der Waals surface area contributed by atoms with Crippen molar-refractivity contribution in [2.75, 3.05) is 0 Å². The van der Waals surface area contributed by atoms with Crippen LogP contribution in [0.5, 0.6) is 0 Å². The van der Waals surface area contributed by atoms with Crippen molar-refractivity contribution in [1.29, 1.82) is 0 Å². The number of ketones is 1. The lowest BCUT2D eigenvalue weighted by Gasteiger charge is -2.23. The topological polar surface area (TPSA) is 17.1 Å². The van der Waals surface area contributed by atoms with Crippen LogP contribution in [0, 0.1) is 11.3 Å². The zero-order valence-electron chi connectivity index (χ0n) is 8.52. The summed E-state index contributed by atoms with van der Waals surface area (Å²) in [6, 6.07) is 0. The Bertz CT molecular complexity index is 164. The third kappa shape index (κ3) is 2.33. The minimum atomic E-state index is 0.224. The second-order valence-electron chi connectivity index (χ2n) is 4.82. The molecule has 0 radical (unpaired) electrons. The third-order valence-corrected chi connectivity index (χ3v) is 3.06. The van der Waals surface area contributed by atoms with Gasteiger partial charge in [-0.25, -0.2) is 0 Å². The smallest absolute Gasteiger partial charge is 0.135 e. The number of hydrogen-bond donors (Lipinski definition) is 0. The molecule has 0 aromatic heterocycles. The van der Waals surface area contributed by atoms with Gasteiger partial charge in [0, 0.05) is 12.3 Å². The summed E-state index contributed by atoms with van der Waals surface area (Å²) in [6.07, 6.45) is 5.96. The number of carbonyl (C=O) groups is 1. The molecule has 1 saturated carbocycles. The zero-order valence-corrected chi connectivity index (χ0v) is 8.52. The van der Waals surface area contributed by atoms with Crippen LogP contribution in [0.15, 0.2) is 0 Å². The van der Waals surface area contributed by atoms with E-state index in [0.29, 0.717) is 11.2 Å². The average molecular weight is 168 g/mol. The highest BCUT2D eigenvalue weighted by atomic mass is 16.1. The fourth-order valence-electron chi connectivity index (χ4n) is 2.03. The van der Waals surface area contributed by atoms with E-state index in [1.807, 2.05) is 13.8 Å². The van der Waals surface area contributed by atoms with Crippen molar-refractivity contribution in [2.24, 2.45) is 11.3 Å². The molecule has 0 atom stereocenters. The molecule has 0 spiro atoms. The lowest BCUT2D eigenvalue weighted by Crippen LogP contribution is -2.20. The Labute approximate surface area is 75.5 Å². The number of hydrogen-bond acceptors (Lipinski definition) is 1. The molecule has 0 unspecified atom stereocenters. The number of Topliss-reactive ketones (excluding diaryl/α,β-unsaturated/α-hetero) is 1. The summed E-state index contributed by atoms with van der Waals surface area (Å²) in [5, 5.41) is 0. The Kier molecular flexibility index (Phi) is 2.92. The molecule has 70 valence electrons. The summed E-state index contributed by atoms with van der Waals surface area (Å²) >= 11 is 0. The van der Waals surface area contributed by atoms with Crippen LogP contribution in [0.1, 0.15) is 52.9 Å². The minimum Gasteiger partial charge on any atom is -0.299 e. The molecule has 12 heavy (non-hydrogen) atoms. The highest BCUT2D eigenvalue weighted by molar-refractivity contribution is 5.80. The fraction of sp³-hybridized carbons (Fsp3) is 0.909. The first-order chi connectivity index (χ1) is 5.53. The minimum absolute atomic E-state index is 0.224. The zero-order chi connectivity index (χ0) is 9.19. The quantitative estimate of drug-likeness (QED) is 0.632. The molecular formula is C11H20O. The molecular weight excluding hydrogens is 148 g/mol. The molecule has 0 amide bonds. The van der Waals surface area contributed by atoms with Gasteiger partial charge in [0.15, 0.2) is 0 Å². The van der Waals surface area contributed by atoms with Gasteiger partial charge in [0.25, 0.3) is 0 Å². The molecule has 0 aromatic carbocycles. The first-order valence-electron chi connectivity index (χ1n) is 5.06. The summed E-state index contributed by atoms with van der Waals surface area (Å²) in [5.41, 5.74) is 0.349. The van der Waals surface area contributed by atoms with Gasteiger partial charge in [0.2, 0.25) is 0 Å². The van der Waals surface area contributed by atoms with E-state index in [4.69, 9.17) is 0 Å². The van der Waals surface area contributed by atoms with E-state index in [0.717, 1.165) is 6.42 Å². The van der Waals surface area contributed by atoms with Crippen LogP contribution < -0.4 is 0 Å². The molecule has 0 N–H and O–H groups in total. The van der Waals surface area contributed by atoms with Gasteiger partial charge in [0.05, 0.1) is 0 Å². The van der Waals surface area contributed by atoms with Crippen molar-refractivity contribution < 1.29 is 4.79 Å². The Morgan fingerprint density at radius 2 is 1.83 bits per heavy atom. The first kappa shape index (κ1) is 9.76. The van der Waals surface area contributed by atoms with Crippen molar-refractivity contribution in [3.8, 4) is 0 Å². The van der Waals surface area contributed by atoms with Gasteiger partial charge < -0.3 is 0 Å². The maximum Gasteiger partial charge on any atom is 0.135 e. The maximum atomic E-state index is 11.5. The van der Waals surface area contributed by atoms with Crippen molar-refractivity contribution in [3.63, 3.8) is 0 Å². The summed E-state index contributed by atoms with van der Waals surface area (Å²) in [5.74, 6) is 0.668. The molecule has 1 heteroatoms. The van der Waals surface area contributed by atoms with Crippen molar-refractivity contribution in [2.45, 2.75) is 52.9 Å². The van der Waals surface area contributed by atoms with E-state index < -0.39 is 0 Å². The first-order valence-corrected chi connectivity index (χ1v) is 5.06.